The molecule has 0 saturated heterocycles. The van der Waals surface area contributed by atoms with Crippen molar-refractivity contribution in [3.05, 3.63) is 46.5 Å². The molecule has 1 atom stereocenters. The lowest BCUT2D eigenvalue weighted by atomic mass is 9.98. The van der Waals surface area contributed by atoms with Gasteiger partial charge in [0.25, 0.3) is 5.91 Å². The third-order valence-electron chi connectivity index (χ3n) is 5.02. The Morgan fingerprint density at radius 3 is 2.48 bits per heavy atom. The molecule has 1 aliphatic rings. The van der Waals surface area contributed by atoms with Crippen molar-refractivity contribution in [1.29, 1.82) is 0 Å². The molecule has 3 rings (SSSR count). The highest BCUT2D eigenvalue weighted by atomic mass is 32.1. The predicted octanol–water partition coefficient (Wildman–Crippen LogP) is 3.50. The zero-order valence-corrected chi connectivity index (χ0v) is 17.0. The Balaban J connectivity index is 2.00. The average Bonchev–Trinajstić information content (AvgIpc) is 3.31. The summed E-state index contributed by atoms with van der Waals surface area (Å²) >= 11 is 1.14. The monoisotopic (exact) mass is 386 g/mol. The van der Waals surface area contributed by atoms with Gasteiger partial charge in [-0.1, -0.05) is 41.2 Å². The number of carbonyl (C=O) groups is 2. The second kappa shape index (κ2) is 7.76. The van der Waals surface area contributed by atoms with Crippen molar-refractivity contribution in [3.8, 4) is 0 Å². The van der Waals surface area contributed by atoms with Crippen molar-refractivity contribution < 1.29 is 9.59 Å². The molecule has 1 saturated carbocycles. The fourth-order valence-corrected chi connectivity index (χ4v) is 3.34. The molecule has 1 heterocycles. The Morgan fingerprint density at radius 1 is 1.30 bits per heavy atom. The molecule has 1 fully saturated rings. The van der Waals surface area contributed by atoms with Crippen molar-refractivity contribution in [3.63, 3.8) is 0 Å². The molecule has 1 N–H and O–H groups in total. The highest BCUT2D eigenvalue weighted by Gasteiger charge is 2.43. The summed E-state index contributed by atoms with van der Waals surface area (Å²) in [6.45, 7) is 8.02. The largest absolute Gasteiger partial charge is 0.349 e. The molecule has 144 valence electrons. The summed E-state index contributed by atoms with van der Waals surface area (Å²) in [6.07, 6.45) is 2.60. The molecule has 1 aromatic carbocycles. The zero-order valence-electron chi connectivity index (χ0n) is 16.2. The second-order valence-electron chi connectivity index (χ2n) is 7.77. The number of aromatic nitrogens is 2. The highest BCUT2D eigenvalue weighted by Crippen LogP contribution is 2.36. The second-order valence-corrected chi connectivity index (χ2v) is 8.38. The molecule has 0 spiro atoms. The summed E-state index contributed by atoms with van der Waals surface area (Å²) in [4.78, 5) is 28.2. The number of hydrogen-bond acceptors (Lipinski definition) is 5. The number of aryl methyl sites for hydroxylation is 1. The Morgan fingerprint density at radius 2 is 1.96 bits per heavy atom. The van der Waals surface area contributed by atoms with E-state index in [1.807, 2.05) is 52.0 Å². The Hall–Kier alpha value is -2.28. The predicted molar refractivity (Wildman–Crippen MR) is 106 cm³/mol. The molecule has 0 unspecified atom stereocenters. The third-order valence-corrected chi connectivity index (χ3v) is 5.52. The maximum absolute atomic E-state index is 13.3. The van der Waals surface area contributed by atoms with Crippen molar-refractivity contribution >= 4 is 23.3 Å². The molecule has 6 nitrogen and oxygen atoms in total. The van der Waals surface area contributed by atoms with E-state index in [1.165, 1.54) is 0 Å². The smallest absolute Gasteiger partial charge is 0.276 e. The van der Waals surface area contributed by atoms with Crippen LogP contribution < -0.4 is 5.32 Å². The Kier molecular flexibility index (Phi) is 5.60. The molecule has 27 heavy (non-hydrogen) atoms. The quantitative estimate of drug-likeness (QED) is 0.790. The zero-order chi connectivity index (χ0) is 19.6. The normalized spacial score (nSPS) is 15.3. The average molecular weight is 387 g/mol. The maximum atomic E-state index is 13.3. The van der Waals surface area contributed by atoms with Crippen LogP contribution in [0.3, 0.4) is 0 Å². The highest BCUT2D eigenvalue weighted by molar-refractivity contribution is 7.03. The van der Waals surface area contributed by atoms with E-state index < -0.39 is 6.04 Å². The summed E-state index contributed by atoms with van der Waals surface area (Å²) in [5.74, 6) is -0.393. The number of hydrogen-bond donors (Lipinski definition) is 1. The first-order valence-corrected chi connectivity index (χ1v) is 10.1. The number of nitrogens with zero attached hydrogens (tertiary/aromatic N) is 3. The van der Waals surface area contributed by atoms with Gasteiger partial charge >= 0.3 is 0 Å². The first-order valence-electron chi connectivity index (χ1n) is 9.30. The van der Waals surface area contributed by atoms with Crippen molar-refractivity contribution in [2.75, 3.05) is 0 Å². The Bertz CT molecular complexity index is 798. The van der Waals surface area contributed by atoms with Gasteiger partial charge in [0.2, 0.25) is 5.91 Å². The summed E-state index contributed by atoms with van der Waals surface area (Å²) in [6, 6.07) is 7.18. The molecular formula is C20H26N4O2S. The van der Waals surface area contributed by atoms with Gasteiger partial charge in [-0.05, 0) is 57.1 Å². The standard InChI is InChI=1S/C20H26N4O2S/c1-5-20(3,4)21-18(25)17(14-8-6-13(2)7-9-14)24(15-10-11-15)19(26)16-12-27-23-22-16/h6-9,12,15,17H,5,10-11H2,1-4H3,(H,21,25)/t17-/m1/s1. The van der Waals surface area contributed by atoms with E-state index in [4.69, 9.17) is 0 Å². The topological polar surface area (TPSA) is 75.2 Å². The van der Waals surface area contributed by atoms with E-state index in [9.17, 15) is 9.59 Å². The van der Waals surface area contributed by atoms with Crippen LogP contribution in [0.2, 0.25) is 0 Å². The fraction of sp³-hybridized carbons (Fsp3) is 0.500. The van der Waals surface area contributed by atoms with Crippen LogP contribution in [-0.2, 0) is 4.79 Å². The molecule has 7 heteroatoms. The van der Waals surface area contributed by atoms with Crippen molar-refractivity contribution in [2.45, 2.75) is 64.6 Å². The van der Waals surface area contributed by atoms with Gasteiger partial charge in [0, 0.05) is 17.0 Å². The summed E-state index contributed by atoms with van der Waals surface area (Å²) < 4.78 is 3.81. The number of rotatable bonds is 7. The van der Waals surface area contributed by atoms with Crippen LogP contribution in [0.4, 0.5) is 0 Å². The third kappa shape index (κ3) is 4.53. The maximum Gasteiger partial charge on any atom is 0.276 e. The van der Waals surface area contributed by atoms with Crippen molar-refractivity contribution in [2.24, 2.45) is 0 Å². The van der Waals surface area contributed by atoms with Gasteiger partial charge in [0.1, 0.15) is 6.04 Å². The molecule has 1 aromatic heterocycles. The first-order chi connectivity index (χ1) is 12.8. The molecular weight excluding hydrogens is 360 g/mol. The van der Waals surface area contributed by atoms with Crippen LogP contribution in [0.25, 0.3) is 0 Å². The number of carbonyl (C=O) groups excluding carboxylic acids is 2. The van der Waals surface area contributed by atoms with Crippen LogP contribution in [0.1, 0.15) is 67.7 Å². The minimum absolute atomic E-state index is 0.0565. The van der Waals surface area contributed by atoms with Gasteiger partial charge in [-0.25, -0.2) is 0 Å². The molecule has 2 amide bonds. The van der Waals surface area contributed by atoms with Crippen LogP contribution in [0.5, 0.6) is 0 Å². The minimum atomic E-state index is -0.682. The fourth-order valence-electron chi connectivity index (χ4n) is 2.91. The lowest BCUT2D eigenvalue weighted by molar-refractivity contribution is -0.127. The van der Waals surface area contributed by atoms with Gasteiger partial charge in [-0.15, -0.1) is 5.10 Å². The van der Waals surface area contributed by atoms with Gasteiger partial charge in [-0.2, -0.15) is 0 Å². The summed E-state index contributed by atoms with van der Waals surface area (Å²) in [5, 5.41) is 8.69. The SMILES string of the molecule is CCC(C)(C)NC(=O)[C@@H](c1ccc(C)cc1)N(C(=O)c1csnn1)C1CC1. The van der Waals surface area contributed by atoms with Gasteiger partial charge < -0.3 is 10.2 Å². The lowest BCUT2D eigenvalue weighted by Crippen LogP contribution is -2.51. The molecule has 1 aliphatic carbocycles. The van der Waals surface area contributed by atoms with Gasteiger partial charge in [0.05, 0.1) is 0 Å². The first kappa shape index (κ1) is 19.5. The van der Waals surface area contributed by atoms with E-state index in [-0.39, 0.29) is 23.4 Å². The van der Waals surface area contributed by atoms with E-state index in [1.54, 1.807) is 10.3 Å². The summed E-state index contributed by atoms with van der Waals surface area (Å²) in [7, 11) is 0. The minimum Gasteiger partial charge on any atom is -0.349 e. The van der Waals surface area contributed by atoms with E-state index in [2.05, 4.69) is 14.9 Å². The van der Waals surface area contributed by atoms with E-state index in [0.717, 1.165) is 41.9 Å². The van der Waals surface area contributed by atoms with Crippen LogP contribution in [-0.4, -0.2) is 37.9 Å². The Labute approximate surface area is 164 Å². The molecule has 2 aromatic rings. The summed E-state index contributed by atoms with van der Waals surface area (Å²) in [5.41, 5.74) is 1.88. The number of amides is 2. The molecule has 0 bridgehead atoms. The van der Waals surface area contributed by atoms with Gasteiger partial charge in [0.15, 0.2) is 5.69 Å². The number of benzene rings is 1. The molecule has 0 aliphatic heterocycles. The van der Waals surface area contributed by atoms with Crippen LogP contribution in [0, 0.1) is 6.92 Å². The van der Waals surface area contributed by atoms with Crippen LogP contribution >= 0.6 is 11.5 Å². The van der Waals surface area contributed by atoms with E-state index >= 15 is 0 Å². The number of nitrogens with one attached hydrogen (secondary N) is 1. The lowest BCUT2D eigenvalue weighted by Gasteiger charge is -2.34. The van der Waals surface area contributed by atoms with E-state index in [0.29, 0.717) is 5.69 Å². The molecule has 0 radical (unpaired) electrons. The van der Waals surface area contributed by atoms with Crippen LogP contribution in [0.15, 0.2) is 29.6 Å². The van der Waals surface area contributed by atoms with Crippen molar-refractivity contribution in [1.82, 2.24) is 19.8 Å². The van der Waals surface area contributed by atoms with Gasteiger partial charge in [-0.3, -0.25) is 9.59 Å².